The largest absolute Gasteiger partial charge is 0.462 e. The van der Waals surface area contributed by atoms with Crippen LogP contribution in [0.25, 0.3) is 20.7 Å². The third-order valence-electron chi connectivity index (χ3n) is 7.96. The van der Waals surface area contributed by atoms with Crippen LogP contribution in [0.3, 0.4) is 0 Å². The predicted octanol–water partition coefficient (Wildman–Crippen LogP) is 7.98. The van der Waals surface area contributed by atoms with E-state index in [1.54, 1.807) is 41.8 Å². The highest BCUT2D eigenvalue weighted by Gasteiger charge is 2.25. The molecule has 0 unspecified atom stereocenters. The highest BCUT2D eigenvalue weighted by Crippen LogP contribution is 2.39. The molecule has 4 aromatic carbocycles. The molecule has 9 heteroatoms. The first-order chi connectivity index (χ1) is 23.3. The number of carbonyl (C=O) groups is 2. The normalized spacial score (nSPS) is 11.2. The number of fused-ring (bicyclic) bond motifs is 1. The number of halogens is 1. The van der Waals surface area contributed by atoms with Crippen LogP contribution in [-0.4, -0.2) is 35.0 Å². The first kappa shape index (κ1) is 32.6. The number of aromatic nitrogens is 1. The van der Waals surface area contributed by atoms with E-state index in [1.807, 2.05) is 79.8 Å². The quantitative estimate of drug-likeness (QED) is 0.143. The van der Waals surface area contributed by atoms with E-state index < -0.39 is 11.4 Å². The topological polar surface area (TPSA) is 80.6 Å². The van der Waals surface area contributed by atoms with Crippen LogP contribution in [0.1, 0.15) is 44.3 Å². The Bertz CT molecular complexity index is 2130. The van der Waals surface area contributed by atoms with Crippen LogP contribution >= 0.6 is 11.3 Å². The molecule has 0 saturated heterocycles. The highest BCUT2D eigenvalue weighted by molar-refractivity contribution is 7.22. The van der Waals surface area contributed by atoms with E-state index in [9.17, 15) is 18.8 Å². The minimum atomic E-state index is -0.721. The molecule has 242 valence electrons. The average molecular weight is 660 g/mol. The van der Waals surface area contributed by atoms with Gasteiger partial charge in [-0.15, -0.1) is 11.3 Å². The second-order valence-corrected chi connectivity index (χ2v) is 12.5. The fourth-order valence-electron chi connectivity index (χ4n) is 5.68. The molecule has 0 aliphatic carbocycles. The van der Waals surface area contributed by atoms with E-state index in [4.69, 9.17) is 4.74 Å². The highest BCUT2D eigenvalue weighted by atomic mass is 32.1. The summed E-state index contributed by atoms with van der Waals surface area (Å²) in [6.45, 7) is 2.94. The van der Waals surface area contributed by atoms with Crippen molar-refractivity contribution in [2.75, 3.05) is 19.0 Å². The van der Waals surface area contributed by atoms with Crippen molar-refractivity contribution >= 4 is 39.1 Å². The number of amides is 1. The fraction of sp³-hybridized carbons (Fsp3) is 0.154. The van der Waals surface area contributed by atoms with Gasteiger partial charge in [0.25, 0.3) is 5.91 Å². The number of benzene rings is 4. The lowest BCUT2D eigenvalue weighted by molar-refractivity contribution is 0.0524. The molecule has 0 saturated carbocycles. The Morgan fingerprint density at radius 2 is 1.54 bits per heavy atom. The standard InChI is InChI=1S/C39H34FN3O4S/c1-3-47-39(46)32-25-43(23-29-16-10-11-17-33(29)40)38-34(35(32)44)31(24-42(2)22-26-12-6-4-7-13-26)36(48-38)27-18-20-30(21-19-27)41-37(45)28-14-8-5-9-15-28/h4-21,25H,3,22-24H2,1-2H3,(H,41,45). The van der Waals surface area contributed by atoms with E-state index in [2.05, 4.69) is 10.2 Å². The molecule has 0 aliphatic rings. The van der Waals surface area contributed by atoms with Gasteiger partial charge in [-0.05, 0) is 61.0 Å². The third-order valence-corrected chi connectivity index (χ3v) is 9.28. The summed E-state index contributed by atoms with van der Waals surface area (Å²) in [4.78, 5) is 43.6. The molecule has 0 bridgehead atoms. The van der Waals surface area contributed by atoms with Crippen LogP contribution < -0.4 is 10.7 Å². The summed E-state index contributed by atoms with van der Waals surface area (Å²) in [6, 6.07) is 32.9. The van der Waals surface area contributed by atoms with Crippen molar-refractivity contribution < 1.29 is 18.7 Å². The summed E-state index contributed by atoms with van der Waals surface area (Å²) in [5, 5.41) is 3.34. The smallest absolute Gasteiger partial charge is 0.343 e. The van der Waals surface area contributed by atoms with Crippen molar-refractivity contribution in [3.63, 3.8) is 0 Å². The Morgan fingerprint density at radius 3 is 2.23 bits per heavy atom. The molecule has 6 aromatic rings. The van der Waals surface area contributed by atoms with Gasteiger partial charge in [-0.3, -0.25) is 14.5 Å². The second kappa shape index (κ2) is 14.6. The van der Waals surface area contributed by atoms with Gasteiger partial charge in [0.1, 0.15) is 16.2 Å². The number of esters is 1. The van der Waals surface area contributed by atoms with Crippen molar-refractivity contribution in [2.45, 2.75) is 26.6 Å². The number of carbonyl (C=O) groups excluding carboxylic acids is 2. The molecule has 1 amide bonds. The number of hydrogen-bond acceptors (Lipinski definition) is 6. The van der Waals surface area contributed by atoms with Gasteiger partial charge in [0, 0.05) is 41.0 Å². The summed E-state index contributed by atoms with van der Waals surface area (Å²) < 4.78 is 22.0. The van der Waals surface area contributed by atoms with Crippen molar-refractivity contribution in [2.24, 2.45) is 0 Å². The summed E-state index contributed by atoms with van der Waals surface area (Å²) in [6.07, 6.45) is 1.48. The van der Waals surface area contributed by atoms with E-state index in [-0.39, 0.29) is 30.4 Å². The Morgan fingerprint density at radius 1 is 0.875 bits per heavy atom. The van der Waals surface area contributed by atoms with Gasteiger partial charge in [0.2, 0.25) is 5.43 Å². The van der Waals surface area contributed by atoms with Crippen LogP contribution in [0.4, 0.5) is 10.1 Å². The molecule has 0 aliphatic heterocycles. The van der Waals surface area contributed by atoms with Gasteiger partial charge in [-0.1, -0.05) is 78.9 Å². The van der Waals surface area contributed by atoms with E-state index in [0.717, 1.165) is 21.6 Å². The minimum absolute atomic E-state index is 0.101. The van der Waals surface area contributed by atoms with Crippen LogP contribution in [0.2, 0.25) is 0 Å². The molecule has 1 N–H and O–H groups in total. The zero-order chi connectivity index (χ0) is 33.6. The predicted molar refractivity (Wildman–Crippen MR) is 189 cm³/mol. The molecule has 0 fully saturated rings. The van der Waals surface area contributed by atoms with Gasteiger partial charge in [0.15, 0.2) is 0 Å². The van der Waals surface area contributed by atoms with Crippen molar-refractivity contribution in [3.8, 4) is 10.4 Å². The number of thiophene rings is 1. The Kier molecular flexibility index (Phi) is 9.89. The van der Waals surface area contributed by atoms with Gasteiger partial charge in [0.05, 0.1) is 18.5 Å². The number of nitrogens with zero attached hydrogens (tertiary/aromatic N) is 2. The summed E-state index contributed by atoms with van der Waals surface area (Å²) in [5.41, 5.74) is 3.79. The maximum atomic E-state index is 14.9. The van der Waals surface area contributed by atoms with Crippen molar-refractivity contribution in [3.05, 3.63) is 159 Å². The maximum absolute atomic E-state index is 14.9. The maximum Gasteiger partial charge on any atom is 0.343 e. The Balaban J connectivity index is 1.48. The molecule has 48 heavy (non-hydrogen) atoms. The van der Waals surface area contributed by atoms with E-state index in [0.29, 0.717) is 40.1 Å². The molecule has 6 rings (SSSR count). The molecule has 2 aromatic heterocycles. The van der Waals surface area contributed by atoms with Crippen molar-refractivity contribution in [1.82, 2.24) is 9.47 Å². The van der Waals surface area contributed by atoms with Gasteiger partial charge >= 0.3 is 5.97 Å². The van der Waals surface area contributed by atoms with Crippen LogP contribution in [0, 0.1) is 5.82 Å². The zero-order valence-corrected chi connectivity index (χ0v) is 27.4. The molecule has 0 spiro atoms. The van der Waals surface area contributed by atoms with Gasteiger partial charge in [-0.2, -0.15) is 0 Å². The number of anilines is 1. The first-order valence-electron chi connectivity index (χ1n) is 15.6. The molecule has 0 atom stereocenters. The van der Waals surface area contributed by atoms with Crippen LogP contribution in [0.15, 0.2) is 120 Å². The monoisotopic (exact) mass is 659 g/mol. The summed E-state index contributed by atoms with van der Waals surface area (Å²) in [7, 11) is 1.98. The number of pyridine rings is 1. The Labute approximate surface area is 281 Å². The molecular formula is C39H34FN3O4S. The number of rotatable bonds is 11. The second-order valence-electron chi connectivity index (χ2n) is 11.5. The number of ether oxygens (including phenoxy) is 1. The van der Waals surface area contributed by atoms with Gasteiger partial charge in [-0.25, -0.2) is 9.18 Å². The number of hydrogen-bond donors (Lipinski definition) is 1. The summed E-state index contributed by atoms with van der Waals surface area (Å²) >= 11 is 1.42. The average Bonchev–Trinajstić information content (AvgIpc) is 3.47. The lowest BCUT2D eigenvalue weighted by Crippen LogP contribution is -2.23. The zero-order valence-electron chi connectivity index (χ0n) is 26.6. The first-order valence-corrected chi connectivity index (χ1v) is 16.4. The lowest BCUT2D eigenvalue weighted by atomic mass is 10.0. The number of nitrogens with one attached hydrogen (secondary N) is 1. The Hall–Kier alpha value is -5.38. The van der Waals surface area contributed by atoms with E-state index >= 15 is 0 Å². The molecule has 0 radical (unpaired) electrons. The molecular weight excluding hydrogens is 626 g/mol. The van der Waals surface area contributed by atoms with Crippen molar-refractivity contribution in [1.29, 1.82) is 0 Å². The SMILES string of the molecule is CCOC(=O)c1cn(Cc2ccccc2F)c2sc(-c3ccc(NC(=O)c4ccccc4)cc3)c(CN(C)Cc3ccccc3)c2c1=O. The lowest BCUT2D eigenvalue weighted by Gasteiger charge is -2.18. The third kappa shape index (κ3) is 7.12. The molecule has 2 heterocycles. The fourth-order valence-corrected chi connectivity index (χ4v) is 6.97. The minimum Gasteiger partial charge on any atom is -0.462 e. The van der Waals surface area contributed by atoms with Crippen LogP contribution in [-0.2, 0) is 24.4 Å². The van der Waals surface area contributed by atoms with Gasteiger partial charge < -0.3 is 14.6 Å². The molecule has 7 nitrogen and oxygen atoms in total. The summed E-state index contributed by atoms with van der Waals surface area (Å²) in [5.74, 6) is -1.32. The van der Waals surface area contributed by atoms with Crippen LogP contribution in [0.5, 0.6) is 0 Å². The van der Waals surface area contributed by atoms with E-state index in [1.165, 1.54) is 23.6 Å².